The van der Waals surface area contributed by atoms with E-state index in [9.17, 15) is 23.1 Å². The number of aromatic nitrogens is 3. The first kappa shape index (κ1) is 20.2. The molecule has 0 spiro atoms. The summed E-state index contributed by atoms with van der Waals surface area (Å²) in [6.45, 7) is 0.726. The van der Waals surface area contributed by atoms with E-state index in [4.69, 9.17) is 0 Å². The summed E-state index contributed by atoms with van der Waals surface area (Å²) >= 11 is 0. The number of fused-ring (bicyclic) bond motifs is 4. The Hall–Kier alpha value is -3.73. The Labute approximate surface area is 180 Å². The van der Waals surface area contributed by atoms with Gasteiger partial charge in [-0.1, -0.05) is 12.1 Å². The fraction of sp³-hybridized carbons (Fsp3) is 0.238. The lowest BCUT2D eigenvalue weighted by atomic mass is 10.1. The van der Waals surface area contributed by atoms with Gasteiger partial charge in [0.25, 0.3) is 0 Å². The summed E-state index contributed by atoms with van der Waals surface area (Å²) in [7, 11) is 0. The van der Waals surface area contributed by atoms with E-state index in [0.29, 0.717) is 18.8 Å². The maximum Gasteiger partial charge on any atom is 0.416 e. The Balaban J connectivity index is 1.56. The number of hydrogen-bond acceptors (Lipinski definition) is 6. The van der Waals surface area contributed by atoms with E-state index < -0.39 is 29.9 Å². The number of alkyl halides is 3. The predicted octanol–water partition coefficient (Wildman–Crippen LogP) is 3.16. The molecule has 2 amide bonds. The van der Waals surface area contributed by atoms with E-state index in [0.717, 1.165) is 12.1 Å². The quantitative estimate of drug-likeness (QED) is 0.633. The summed E-state index contributed by atoms with van der Waals surface area (Å²) in [4.78, 5) is 20.9. The number of urea groups is 1. The monoisotopic (exact) mass is 442 g/mol. The number of aliphatic hydroxyl groups is 1. The summed E-state index contributed by atoms with van der Waals surface area (Å²) in [6.07, 6.45) is -3.83. The van der Waals surface area contributed by atoms with Gasteiger partial charge in [0.15, 0.2) is 11.6 Å². The van der Waals surface area contributed by atoms with Crippen molar-refractivity contribution in [3.05, 3.63) is 60.3 Å². The number of halogens is 3. The molecule has 1 aromatic carbocycles. The number of carbonyl (C=O) groups is 1. The molecule has 2 aliphatic rings. The Morgan fingerprint density at radius 3 is 2.72 bits per heavy atom. The van der Waals surface area contributed by atoms with Crippen LogP contribution in [0.2, 0.25) is 0 Å². The summed E-state index contributed by atoms with van der Waals surface area (Å²) < 4.78 is 39.5. The van der Waals surface area contributed by atoms with Gasteiger partial charge in [-0.3, -0.25) is 10.2 Å². The van der Waals surface area contributed by atoms with Crippen molar-refractivity contribution in [1.29, 1.82) is 0 Å². The van der Waals surface area contributed by atoms with Crippen LogP contribution in [0, 0.1) is 0 Å². The lowest BCUT2D eigenvalue weighted by molar-refractivity contribution is -0.137. The fourth-order valence-corrected chi connectivity index (χ4v) is 4.04. The molecule has 32 heavy (non-hydrogen) atoms. The normalized spacial score (nSPS) is 19.6. The zero-order chi connectivity index (χ0) is 22.5. The second-order valence-electron chi connectivity index (χ2n) is 7.57. The summed E-state index contributed by atoms with van der Waals surface area (Å²) in [5.74, 6) is 0.483. The number of rotatable bonds is 2. The first-order valence-electron chi connectivity index (χ1n) is 9.81. The third kappa shape index (κ3) is 3.50. The molecule has 5 rings (SSSR count). The predicted molar refractivity (Wildman–Crippen MR) is 110 cm³/mol. The van der Waals surface area contributed by atoms with Crippen molar-refractivity contribution in [2.45, 2.75) is 18.3 Å². The zero-order valence-corrected chi connectivity index (χ0v) is 16.5. The first-order valence-corrected chi connectivity index (χ1v) is 9.81. The van der Waals surface area contributed by atoms with Crippen molar-refractivity contribution in [3.8, 4) is 11.3 Å². The van der Waals surface area contributed by atoms with Crippen LogP contribution in [0.3, 0.4) is 0 Å². The van der Waals surface area contributed by atoms with Gasteiger partial charge in [0.1, 0.15) is 0 Å². The van der Waals surface area contributed by atoms with E-state index >= 15 is 0 Å². The van der Waals surface area contributed by atoms with Gasteiger partial charge >= 0.3 is 12.2 Å². The van der Waals surface area contributed by atoms with Crippen LogP contribution in [0.25, 0.3) is 11.3 Å². The smallest absolute Gasteiger partial charge is 0.389 e. The molecule has 2 aliphatic heterocycles. The van der Waals surface area contributed by atoms with Gasteiger partial charge in [0, 0.05) is 24.8 Å². The molecule has 2 aromatic heterocycles. The number of nitrogens with one attached hydrogen (secondary N) is 1. The molecule has 2 N–H and O–H groups in total. The molecule has 11 heteroatoms. The van der Waals surface area contributed by atoms with Gasteiger partial charge in [-0.25, -0.2) is 9.78 Å². The average Bonchev–Trinajstić information content (AvgIpc) is 3.10. The number of amides is 2. The standard InChI is InChI=1S/C21H17F3N6O2/c22-21(23,24)13-4-1-3-12(9-13)14-6-7-15-19(26-14)30(16-10-29(15)11-17(16)31)20(32)27-18-5-2-8-25-28-18/h1-9,16-17,31H,10-11H2,(H,27,28,32)/t16-,17-/m1/s1. The third-order valence-corrected chi connectivity index (χ3v) is 5.53. The summed E-state index contributed by atoms with van der Waals surface area (Å²) in [5, 5.41) is 20.7. The molecule has 1 fully saturated rings. The Morgan fingerprint density at radius 1 is 1.12 bits per heavy atom. The lowest BCUT2D eigenvalue weighted by Crippen LogP contribution is -2.51. The van der Waals surface area contributed by atoms with Gasteiger partial charge in [-0.05, 0) is 36.4 Å². The molecule has 0 saturated carbocycles. The fourth-order valence-electron chi connectivity index (χ4n) is 4.04. The molecule has 3 aromatic rings. The number of carbonyl (C=O) groups excluding carboxylic acids is 1. The molecule has 0 unspecified atom stereocenters. The van der Waals surface area contributed by atoms with Gasteiger partial charge < -0.3 is 10.0 Å². The second kappa shape index (κ2) is 7.45. The first-order chi connectivity index (χ1) is 15.3. The van der Waals surface area contributed by atoms with Crippen molar-refractivity contribution in [1.82, 2.24) is 15.2 Å². The van der Waals surface area contributed by atoms with Crippen LogP contribution in [0.1, 0.15) is 5.56 Å². The number of pyridine rings is 1. The SMILES string of the molecule is O=C(Nc1cccnn1)N1c2nc(-c3cccc(C(F)(F)F)c3)ccc2N2C[C@@H](O)[C@H]1C2. The maximum atomic E-state index is 13.2. The minimum absolute atomic E-state index is 0.225. The Kier molecular flexibility index (Phi) is 4.70. The van der Waals surface area contributed by atoms with E-state index in [1.54, 1.807) is 24.3 Å². The van der Waals surface area contributed by atoms with Crippen LogP contribution in [-0.2, 0) is 6.18 Å². The topological polar surface area (TPSA) is 94.5 Å². The van der Waals surface area contributed by atoms with Gasteiger partial charge in [0.2, 0.25) is 0 Å². The molecule has 1 saturated heterocycles. The number of aliphatic hydroxyl groups excluding tert-OH is 1. The molecular formula is C21H17F3N6O2. The molecule has 4 heterocycles. The van der Waals surface area contributed by atoms with Crippen LogP contribution in [0.4, 0.5) is 35.3 Å². The third-order valence-electron chi connectivity index (χ3n) is 5.53. The van der Waals surface area contributed by atoms with Crippen molar-refractivity contribution in [2.24, 2.45) is 0 Å². The van der Waals surface area contributed by atoms with Crippen molar-refractivity contribution >= 4 is 23.4 Å². The largest absolute Gasteiger partial charge is 0.416 e. The highest BCUT2D eigenvalue weighted by atomic mass is 19.4. The molecule has 164 valence electrons. The number of anilines is 3. The lowest BCUT2D eigenvalue weighted by Gasteiger charge is -2.36. The van der Waals surface area contributed by atoms with Gasteiger partial charge in [-0.15, -0.1) is 5.10 Å². The van der Waals surface area contributed by atoms with E-state index in [-0.39, 0.29) is 22.9 Å². The second-order valence-corrected chi connectivity index (χ2v) is 7.57. The Morgan fingerprint density at radius 2 is 1.97 bits per heavy atom. The minimum Gasteiger partial charge on any atom is -0.389 e. The highest BCUT2D eigenvalue weighted by Crippen LogP contribution is 2.41. The number of hydrogen-bond donors (Lipinski definition) is 2. The summed E-state index contributed by atoms with van der Waals surface area (Å²) in [5.41, 5.74) is 0.378. The van der Waals surface area contributed by atoms with Crippen molar-refractivity contribution in [2.75, 3.05) is 28.2 Å². The highest BCUT2D eigenvalue weighted by Gasteiger charge is 2.45. The van der Waals surface area contributed by atoms with Crippen molar-refractivity contribution < 1.29 is 23.1 Å². The average molecular weight is 442 g/mol. The Bertz CT molecular complexity index is 1170. The van der Waals surface area contributed by atoms with Crippen LogP contribution in [0.15, 0.2) is 54.7 Å². The van der Waals surface area contributed by atoms with E-state index in [1.807, 2.05) is 4.90 Å². The molecule has 2 bridgehead atoms. The molecule has 0 aliphatic carbocycles. The zero-order valence-electron chi connectivity index (χ0n) is 16.5. The van der Waals surface area contributed by atoms with Crippen molar-refractivity contribution in [3.63, 3.8) is 0 Å². The molecular weight excluding hydrogens is 425 g/mol. The number of nitrogens with zero attached hydrogens (tertiary/aromatic N) is 5. The van der Waals surface area contributed by atoms with E-state index in [1.165, 1.54) is 23.2 Å². The minimum atomic E-state index is -4.48. The van der Waals surface area contributed by atoms with Crippen LogP contribution in [0.5, 0.6) is 0 Å². The summed E-state index contributed by atoms with van der Waals surface area (Å²) in [6, 6.07) is 10.2. The number of benzene rings is 1. The highest BCUT2D eigenvalue weighted by molar-refractivity contribution is 6.04. The van der Waals surface area contributed by atoms with Gasteiger partial charge in [-0.2, -0.15) is 18.3 Å². The molecule has 8 nitrogen and oxygen atoms in total. The van der Waals surface area contributed by atoms with Crippen LogP contribution < -0.4 is 15.1 Å². The molecule has 2 atom stereocenters. The van der Waals surface area contributed by atoms with E-state index in [2.05, 4.69) is 20.5 Å². The molecule has 0 radical (unpaired) electrons. The van der Waals surface area contributed by atoms with Gasteiger partial charge in [0.05, 0.1) is 29.1 Å². The van der Waals surface area contributed by atoms with Crippen LogP contribution in [-0.4, -0.2) is 51.6 Å². The maximum absolute atomic E-state index is 13.2. The van der Waals surface area contributed by atoms with Crippen LogP contribution >= 0.6 is 0 Å².